The molecule has 1 aliphatic rings. The Kier molecular flexibility index (Phi) is 85.3. The van der Waals surface area contributed by atoms with E-state index in [0.717, 1.165) is 0 Å². The summed E-state index contributed by atoms with van der Waals surface area (Å²) in [6, 6.07) is 36.3. The number of rotatable bonds is 2. The lowest BCUT2D eigenvalue weighted by molar-refractivity contribution is -0.0947. The van der Waals surface area contributed by atoms with Crippen molar-refractivity contribution < 1.29 is 31.1 Å². The Hall–Kier alpha value is -3.35. The van der Waals surface area contributed by atoms with Gasteiger partial charge in [-0.05, 0) is 122 Å². The van der Waals surface area contributed by atoms with Crippen LogP contribution in [-0.2, 0) is 4.74 Å². The number of benzene rings is 3. The normalized spacial score (nSPS) is 10.5. The molecule has 2 heterocycles. The summed E-state index contributed by atoms with van der Waals surface area (Å²) in [6.45, 7) is 44.7. The average molecular weight is 1160 g/mol. The molecule has 0 atom stereocenters. The first-order valence-electron chi connectivity index (χ1n) is 27.6. The van der Waals surface area contributed by atoms with Crippen LogP contribution < -0.4 is 0 Å². The van der Waals surface area contributed by atoms with E-state index in [4.69, 9.17) is 0 Å². The van der Waals surface area contributed by atoms with Gasteiger partial charge in [-0.2, -0.15) is 33.7 Å². The van der Waals surface area contributed by atoms with E-state index in [1.807, 2.05) is 121 Å². The van der Waals surface area contributed by atoms with Gasteiger partial charge in [-0.25, -0.2) is 0 Å². The number of aryl methyl sites for hydroxylation is 5. The van der Waals surface area contributed by atoms with Gasteiger partial charge in [-0.15, -0.1) is 22.7 Å². The van der Waals surface area contributed by atoms with Crippen LogP contribution in [0.25, 0.3) is 20.9 Å². The highest BCUT2D eigenvalue weighted by atomic mass is 32.2. The lowest BCUT2D eigenvalue weighted by Gasteiger charge is -2.28. The molecule has 0 bridgehead atoms. The summed E-state index contributed by atoms with van der Waals surface area (Å²) in [5.41, 5.74) is 5.36. The van der Waals surface area contributed by atoms with Crippen LogP contribution in [0.4, 0.5) is 26.3 Å². The maximum atomic E-state index is 11.2. The largest absolute Gasteiger partial charge is 0.417 e. The Morgan fingerprint density at radius 3 is 0.974 bits per heavy atom. The van der Waals surface area contributed by atoms with Crippen molar-refractivity contribution in [3.63, 3.8) is 0 Å². The van der Waals surface area contributed by atoms with Crippen molar-refractivity contribution in [3.05, 3.63) is 153 Å². The summed E-state index contributed by atoms with van der Waals surface area (Å²) in [5.74, 6) is 0. The molecular weight excluding hydrogens is 1050 g/mol. The molecule has 1 nitrogen and oxygen atoms in total. The van der Waals surface area contributed by atoms with Crippen molar-refractivity contribution in [2.75, 3.05) is 33.9 Å². The molecule has 6 rings (SSSR count). The van der Waals surface area contributed by atoms with E-state index in [0.29, 0.717) is 29.0 Å². The first kappa shape index (κ1) is 93.0. The topological polar surface area (TPSA) is 9.23 Å². The fourth-order valence-corrected chi connectivity index (χ4v) is 6.60. The third-order valence-corrected chi connectivity index (χ3v) is 10.5. The molecular formula is C66H116F6OS3Si. The lowest BCUT2D eigenvalue weighted by atomic mass is 9.78. The van der Waals surface area contributed by atoms with Crippen LogP contribution in [0.3, 0.4) is 0 Å². The number of hydrogen-bond donors (Lipinski definition) is 0. The maximum absolute atomic E-state index is 11.2. The zero-order valence-electron chi connectivity index (χ0n) is 54.0. The first-order valence-corrected chi connectivity index (χ1v) is 33.7. The predicted octanol–water partition coefficient (Wildman–Crippen LogP) is 25.3. The van der Waals surface area contributed by atoms with Crippen LogP contribution in [0, 0.1) is 40.0 Å². The van der Waals surface area contributed by atoms with E-state index in [2.05, 4.69) is 179 Å². The van der Waals surface area contributed by atoms with Crippen molar-refractivity contribution in [2.24, 2.45) is 5.41 Å². The number of thiophene rings is 2. The van der Waals surface area contributed by atoms with Crippen molar-refractivity contribution in [3.8, 4) is 20.9 Å². The molecule has 11 heteroatoms. The Morgan fingerprint density at radius 1 is 0.571 bits per heavy atom. The molecule has 0 unspecified atom stereocenters. The Labute approximate surface area is 488 Å². The maximum Gasteiger partial charge on any atom is 0.417 e. The molecule has 0 radical (unpaired) electrons. The van der Waals surface area contributed by atoms with Crippen molar-refractivity contribution in [1.29, 1.82) is 0 Å². The summed E-state index contributed by atoms with van der Waals surface area (Å²) in [7, 11) is 4.17. The summed E-state index contributed by atoms with van der Waals surface area (Å²) in [4.78, 5) is 5.56. The number of allylic oxidation sites excluding steroid dienone is 3. The predicted molar refractivity (Wildman–Crippen MR) is 354 cm³/mol. The average Bonchev–Trinajstić information content (AvgIpc) is 4.06. The molecule has 0 amide bonds. The second-order valence-electron chi connectivity index (χ2n) is 16.9. The molecule has 77 heavy (non-hydrogen) atoms. The SMILES string of the molecule is CC.CC.CC.CC(=C(F)F)C(F)(F)F.CC1(C)CCCCC1.CC=CC.CCC.CCC.CF.COC.CSC.C[SiH2]C.Cc1ccc(-c2ccc(C)cc2)cc1.Cc1ccc(-c2ccc(C)s2)s1.Cc1ccccc1. The number of ether oxygens (including phenoxy) is 1. The first-order chi connectivity index (χ1) is 36.4. The minimum Gasteiger partial charge on any atom is -0.388 e. The zero-order valence-corrected chi connectivity index (χ0v) is 57.9. The number of halogens is 6. The minimum atomic E-state index is -4.89. The van der Waals surface area contributed by atoms with Gasteiger partial charge in [0.15, 0.2) is 0 Å². The quantitative estimate of drug-likeness (QED) is 0.0990. The third-order valence-electron chi connectivity index (χ3n) is 8.35. The summed E-state index contributed by atoms with van der Waals surface area (Å²) < 4.78 is 69.4. The van der Waals surface area contributed by atoms with Gasteiger partial charge in [0.25, 0.3) is 6.08 Å². The van der Waals surface area contributed by atoms with Crippen LogP contribution in [0.5, 0.6) is 0 Å². The number of alkyl halides is 4. The van der Waals surface area contributed by atoms with E-state index in [1.54, 1.807) is 26.0 Å². The van der Waals surface area contributed by atoms with Crippen LogP contribution in [0.2, 0.25) is 13.1 Å². The minimum absolute atomic E-state index is 0.329. The molecule has 0 spiro atoms. The molecule has 0 saturated heterocycles. The summed E-state index contributed by atoms with van der Waals surface area (Å²) in [5, 5.41) is 0. The van der Waals surface area contributed by atoms with Gasteiger partial charge in [-0.3, -0.25) is 4.39 Å². The highest BCUT2D eigenvalue weighted by molar-refractivity contribution is 7.97. The molecule has 3 aromatic carbocycles. The van der Waals surface area contributed by atoms with Crippen LogP contribution >= 0.6 is 34.4 Å². The fourth-order valence-electron chi connectivity index (χ4n) is 4.78. The summed E-state index contributed by atoms with van der Waals surface area (Å²) in [6.07, 6.45) is 10.3. The Bertz CT molecular complexity index is 1780. The zero-order chi connectivity index (χ0) is 62.3. The highest BCUT2D eigenvalue weighted by Gasteiger charge is 2.33. The molecule has 1 fully saturated rings. The van der Waals surface area contributed by atoms with Crippen LogP contribution in [0.1, 0.15) is 175 Å². The van der Waals surface area contributed by atoms with Crippen molar-refractivity contribution in [2.45, 2.75) is 203 Å². The monoisotopic (exact) mass is 1160 g/mol. The molecule has 1 aliphatic carbocycles. The van der Waals surface area contributed by atoms with E-state index >= 15 is 0 Å². The molecule has 450 valence electrons. The highest BCUT2D eigenvalue weighted by Crippen LogP contribution is 2.35. The van der Waals surface area contributed by atoms with Gasteiger partial charge < -0.3 is 4.74 Å². The lowest BCUT2D eigenvalue weighted by Crippen LogP contribution is -2.14. The Balaban J connectivity index is -0.0000000973. The summed E-state index contributed by atoms with van der Waals surface area (Å²) >= 11 is 5.48. The second-order valence-corrected chi connectivity index (χ2v) is 21.7. The van der Waals surface area contributed by atoms with Crippen LogP contribution in [-0.4, -0.2) is 49.6 Å². The van der Waals surface area contributed by atoms with Gasteiger partial charge in [0, 0.05) is 43.2 Å². The van der Waals surface area contributed by atoms with E-state index < -0.39 is 17.8 Å². The molecule has 2 aromatic heterocycles. The standard InChI is InChI=1S/C14H14.C10H10S2.C8H16.C7H8.C4H3F5.C4H8.2C3H8.C2H6O.C2H6S.C2H8Si.3C2H6.CH3F/c1-11-3-7-13(8-4-11)14-9-5-12(2)6-10-14;1-7-3-5-9(11-7)10-6-4-8(2)12-10;1-8(2)6-4-3-5-7-8;1-7-5-3-2-4-6-7;1-2(3(5)6)4(7,8)9;1-3-4-2;5*1-3-2;4*1-2/h3-10H,1-2H3;3-6H,1-2H3;3-7H2,1-2H3;2-6H,1H3;1H3;3-4H,1-2H3;2*3H2,1-2H3;2*1-2H3;3H2,1-2H3;3*1-2H3;1H3. The molecule has 5 aromatic rings. The second kappa shape index (κ2) is 70.7. The van der Waals surface area contributed by atoms with Crippen molar-refractivity contribution in [1.82, 2.24) is 0 Å². The van der Waals surface area contributed by atoms with E-state index in [-0.39, 0.29) is 0 Å². The third kappa shape index (κ3) is 70.6. The van der Waals surface area contributed by atoms with Gasteiger partial charge in [-0.1, -0.05) is 236 Å². The number of methoxy groups -OCH3 is 1. The van der Waals surface area contributed by atoms with E-state index in [9.17, 15) is 26.3 Å². The van der Waals surface area contributed by atoms with Gasteiger partial charge in [0.05, 0.1) is 12.8 Å². The molecule has 1 saturated carbocycles. The smallest absolute Gasteiger partial charge is 0.388 e. The van der Waals surface area contributed by atoms with Gasteiger partial charge >= 0.3 is 6.18 Å². The van der Waals surface area contributed by atoms with Gasteiger partial charge in [0.1, 0.15) is 0 Å². The number of thioether (sulfide) groups is 1. The fraction of sp³-hybridized carbons (Fsp3) is 0.545. The Morgan fingerprint density at radius 2 is 0.831 bits per heavy atom. The van der Waals surface area contributed by atoms with Crippen molar-refractivity contribution >= 4 is 44.0 Å². The van der Waals surface area contributed by atoms with Gasteiger partial charge in [0.2, 0.25) is 0 Å². The van der Waals surface area contributed by atoms with Crippen LogP contribution in [0.15, 0.2) is 127 Å². The molecule has 0 N–H and O–H groups in total. The number of hydrogen-bond acceptors (Lipinski definition) is 4. The van der Waals surface area contributed by atoms with E-state index in [1.165, 1.54) is 92.3 Å². The molecule has 0 aliphatic heterocycles.